The van der Waals surface area contributed by atoms with Crippen molar-refractivity contribution in [2.45, 2.75) is 32.1 Å². The maximum Gasteiger partial charge on any atom is 0.269 e. The summed E-state index contributed by atoms with van der Waals surface area (Å²) in [6, 6.07) is 7.94. The third-order valence-corrected chi connectivity index (χ3v) is 4.89. The number of nitro groups is 1. The van der Waals surface area contributed by atoms with Crippen molar-refractivity contribution >= 4 is 11.6 Å². The zero-order chi connectivity index (χ0) is 19.6. The number of nitriles is 1. The van der Waals surface area contributed by atoms with Crippen LogP contribution in [0.1, 0.15) is 37.7 Å². The van der Waals surface area contributed by atoms with Gasteiger partial charge < -0.3 is 15.4 Å². The molecule has 2 aliphatic rings. The number of ether oxygens (including phenoxy) is 1. The summed E-state index contributed by atoms with van der Waals surface area (Å²) in [5.41, 5.74) is 6.63. The van der Waals surface area contributed by atoms with E-state index in [4.69, 9.17) is 10.5 Å². The number of non-ortho nitro benzene ring substituents is 1. The number of benzene rings is 1. The molecular weight excluding hydrogens is 348 g/mol. The zero-order valence-corrected chi connectivity index (χ0v) is 15.0. The first kappa shape index (κ1) is 18.5. The van der Waals surface area contributed by atoms with Crippen molar-refractivity contribution in [2.24, 2.45) is 5.73 Å². The van der Waals surface area contributed by atoms with Crippen molar-refractivity contribution in [2.75, 3.05) is 13.1 Å². The molecule has 1 saturated heterocycles. The summed E-state index contributed by atoms with van der Waals surface area (Å²) in [6.45, 7) is 2.90. The largest absolute Gasteiger partial charge is 0.445 e. The summed E-state index contributed by atoms with van der Waals surface area (Å²) in [6.07, 6.45) is 2.91. The zero-order valence-electron chi connectivity index (χ0n) is 15.0. The highest BCUT2D eigenvalue weighted by Crippen LogP contribution is 2.40. The van der Waals surface area contributed by atoms with Crippen LogP contribution in [0.15, 0.2) is 47.1 Å². The van der Waals surface area contributed by atoms with E-state index in [-0.39, 0.29) is 23.1 Å². The van der Waals surface area contributed by atoms with Gasteiger partial charge in [0.25, 0.3) is 11.6 Å². The van der Waals surface area contributed by atoms with E-state index < -0.39 is 10.8 Å². The third kappa shape index (κ3) is 3.49. The van der Waals surface area contributed by atoms with Gasteiger partial charge in [-0.3, -0.25) is 14.9 Å². The molecule has 1 atom stereocenters. The monoisotopic (exact) mass is 368 g/mol. The average molecular weight is 368 g/mol. The molecule has 0 radical (unpaired) electrons. The smallest absolute Gasteiger partial charge is 0.269 e. The van der Waals surface area contributed by atoms with Crippen molar-refractivity contribution in [3.8, 4) is 6.07 Å². The normalized spacial score (nSPS) is 20.1. The molecule has 1 amide bonds. The van der Waals surface area contributed by atoms with Gasteiger partial charge in [-0.2, -0.15) is 5.26 Å². The van der Waals surface area contributed by atoms with Gasteiger partial charge in [0, 0.05) is 25.2 Å². The summed E-state index contributed by atoms with van der Waals surface area (Å²) < 4.78 is 5.48. The Morgan fingerprint density at radius 3 is 2.70 bits per heavy atom. The van der Waals surface area contributed by atoms with Gasteiger partial charge in [0.05, 0.1) is 16.4 Å². The van der Waals surface area contributed by atoms with Gasteiger partial charge >= 0.3 is 0 Å². The van der Waals surface area contributed by atoms with E-state index in [1.165, 1.54) is 18.2 Å². The molecule has 140 valence electrons. The first-order valence-electron chi connectivity index (χ1n) is 8.76. The number of carbonyl (C=O) groups excluding carboxylic acids is 1. The molecule has 3 rings (SSSR count). The molecule has 1 aromatic carbocycles. The molecule has 0 bridgehead atoms. The Hall–Kier alpha value is -3.34. The molecule has 0 aliphatic carbocycles. The Balaban J connectivity index is 2.10. The number of nitrogens with two attached hydrogens (primary N) is 1. The molecule has 1 fully saturated rings. The Labute approximate surface area is 156 Å². The number of hydrogen-bond acceptors (Lipinski definition) is 6. The van der Waals surface area contributed by atoms with Crippen molar-refractivity contribution in [3.05, 3.63) is 62.7 Å². The summed E-state index contributed by atoms with van der Waals surface area (Å²) in [5.74, 6) is -0.776. The molecule has 1 unspecified atom stereocenters. The number of likely N-dealkylation sites (tertiary alicyclic amines) is 1. The van der Waals surface area contributed by atoms with Crippen LogP contribution in [0.4, 0.5) is 5.69 Å². The van der Waals surface area contributed by atoms with E-state index >= 15 is 0 Å². The molecule has 2 aliphatic heterocycles. The fourth-order valence-corrected chi connectivity index (χ4v) is 3.58. The second-order valence-corrected chi connectivity index (χ2v) is 6.60. The first-order valence-corrected chi connectivity index (χ1v) is 8.76. The van der Waals surface area contributed by atoms with Crippen LogP contribution >= 0.6 is 0 Å². The van der Waals surface area contributed by atoms with E-state index in [0.717, 1.165) is 19.3 Å². The van der Waals surface area contributed by atoms with Crippen molar-refractivity contribution < 1.29 is 14.5 Å². The molecular formula is C19H20N4O4. The van der Waals surface area contributed by atoms with E-state index in [9.17, 15) is 20.2 Å². The minimum atomic E-state index is -0.793. The Morgan fingerprint density at radius 1 is 1.37 bits per heavy atom. The maximum atomic E-state index is 13.2. The van der Waals surface area contributed by atoms with Crippen LogP contribution in [-0.2, 0) is 9.53 Å². The Bertz CT molecular complexity index is 891. The van der Waals surface area contributed by atoms with Gasteiger partial charge in [-0.15, -0.1) is 0 Å². The minimum absolute atomic E-state index is 0.0818. The fraction of sp³-hybridized carbons (Fsp3) is 0.368. The molecule has 8 heteroatoms. The number of piperidine rings is 1. The molecule has 27 heavy (non-hydrogen) atoms. The topological polar surface area (TPSA) is 122 Å². The van der Waals surface area contributed by atoms with E-state index in [2.05, 4.69) is 0 Å². The highest BCUT2D eigenvalue weighted by atomic mass is 16.6. The fourth-order valence-electron chi connectivity index (χ4n) is 3.58. The van der Waals surface area contributed by atoms with Crippen LogP contribution < -0.4 is 5.73 Å². The molecule has 0 saturated carbocycles. The SMILES string of the molecule is CC1=C(C(=O)N2CCCCC2)C(c2cccc([N+](=O)[O-])c2)C(C#N)=C(N)O1. The molecule has 2 N–H and O–H groups in total. The highest BCUT2D eigenvalue weighted by molar-refractivity contribution is 5.97. The lowest BCUT2D eigenvalue weighted by Crippen LogP contribution is -2.39. The minimum Gasteiger partial charge on any atom is -0.445 e. The van der Waals surface area contributed by atoms with Crippen LogP contribution in [0.2, 0.25) is 0 Å². The standard InChI is InChI=1S/C19H20N4O4/c1-12-16(19(24)22-8-3-2-4-9-22)17(15(11-20)18(21)27-12)13-6-5-7-14(10-13)23(25)26/h5-7,10,17H,2-4,8-9,21H2,1H3. The molecule has 0 aromatic heterocycles. The number of carbonyl (C=O) groups is 1. The predicted molar refractivity (Wildman–Crippen MR) is 96.9 cm³/mol. The lowest BCUT2D eigenvalue weighted by atomic mass is 9.82. The Kier molecular flexibility index (Phi) is 5.12. The Morgan fingerprint density at radius 2 is 2.07 bits per heavy atom. The van der Waals surface area contributed by atoms with Crippen LogP contribution in [0.5, 0.6) is 0 Å². The second-order valence-electron chi connectivity index (χ2n) is 6.60. The van der Waals surface area contributed by atoms with Gasteiger partial charge in [-0.25, -0.2) is 0 Å². The van der Waals surface area contributed by atoms with Crippen LogP contribution in [0.3, 0.4) is 0 Å². The maximum absolute atomic E-state index is 13.2. The van der Waals surface area contributed by atoms with Crippen LogP contribution in [0.25, 0.3) is 0 Å². The van der Waals surface area contributed by atoms with E-state index in [1.807, 2.05) is 6.07 Å². The van der Waals surface area contributed by atoms with Gasteiger partial charge in [-0.05, 0) is 31.7 Å². The average Bonchev–Trinajstić information content (AvgIpc) is 2.67. The molecule has 8 nitrogen and oxygen atoms in total. The summed E-state index contributed by atoms with van der Waals surface area (Å²) >= 11 is 0. The number of rotatable bonds is 3. The number of amides is 1. The number of hydrogen-bond donors (Lipinski definition) is 1. The third-order valence-electron chi connectivity index (χ3n) is 4.89. The number of nitro benzene ring substituents is 1. The van der Waals surface area contributed by atoms with E-state index in [1.54, 1.807) is 17.9 Å². The molecule has 1 aromatic rings. The van der Waals surface area contributed by atoms with Crippen LogP contribution in [-0.4, -0.2) is 28.8 Å². The van der Waals surface area contributed by atoms with Gasteiger partial charge in [-0.1, -0.05) is 12.1 Å². The molecule has 2 heterocycles. The van der Waals surface area contributed by atoms with Gasteiger partial charge in [0.1, 0.15) is 17.4 Å². The predicted octanol–water partition coefficient (Wildman–Crippen LogP) is 2.69. The van der Waals surface area contributed by atoms with Crippen molar-refractivity contribution in [3.63, 3.8) is 0 Å². The summed E-state index contributed by atoms with van der Waals surface area (Å²) in [5, 5.41) is 20.8. The summed E-state index contributed by atoms with van der Waals surface area (Å²) in [4.78, 5) is 25.6. The van der Waals surface area contributed by atoms with Crippen LogP contribution in [0, 0.1) is 21.4 Å². The van der Waals surface area contributed by atoms with Gasteiger partial charge in [0.2, 0.25) is 5.88 Å². The van der Waals surface area contributed by atoms with Gasteiger partial charge in [0.15, 0.2) is 0 Å². The number of allylic oxidation sites excluding steroid dienone is 2. The highest BCUT2D eigenvalue weighted by Gasteiger charge is 2.37. The number of nitrogens with zero attached hydrogens (tertiary/aromatic N) is 3. The quantitative estimate of drug-likeness (QED) is 0.646. The lowest BCUT2D eigenvalue weighted by Gasteiger charge is -2.33. The van der Waals surface area contributed by atoms with Crippen molar-refractivity contribution in [1.82, 2.24) is 4.90 Å². The second kappa shape index (κ2) is 7.50. The van der Waals surface area contributed by atoms with Crippen molar-refractivity contribution in [1.29, 1.82) is 5.26 Å². The first-order chi connectivity index (χ1) is 12.9. The molecule has 0 spiro atoms. The summed E-state index contributed by atoms with van der Waals surface area (Å²) in [7, 11) is 0. The van der Waals surface area contributed by atoms with E-state index in [0.29, 0.717) is 30.0 Å². The lowest BCUT2D eigenvalue weighted by molar-refractivity contribution is -0.384.